The highest BCUT2D eigenvalue weighted by Gasteiger charge is 2.22. The van der Waals surface area contributed by atoms with E-state index in [1.165, 1.54) is 41.9 Å². The molecule has 0 unspecified atom stereocenters. The number of thiophene rings is 1. The van der Waals surface area contributed by atoms with Crippen molar-refractivity contribution < 1.29 is 13.2 Å². The van der Waals surface area contributed by atoms with Gasteiger partial charge in [-0.3, -0.25) is 15.0 Å². The average molecular weight is 497 g/mol. The number of carbonyl (C=O) groups excluding carboxylic acids is 1. The van der Waals surface area contributed by atoms with Crippen LogP contribution in [0, 0.1) is 6.92 Å². The molecule has 4 aromatic rings. The van der Waals surface area contributed by atoms with Crippen LogP contribution in [0.5, 0.6) is 0 Å². The fourth-order valence-corrected chi connectivity index (χ4v) is 5.98. The molecule has 0 spiro atoms. The molecule has 1 amide bonds. The molecule has 176 valence electrons. The second-order valence-corrected chi connectivity index (χ2v) is 11.7. The van der Waals surface area contributed by atoms with E-state index in [4.69, 9.17) is 0 Å². The highest BCUT2D eigenvalue weighted by atomic mass is 32.2. The zero-order valence-electron chi connectivity index (χ0n) is 19.1. The number of aromatic nitrogens is 2. The van der Waals surface area contributed by atoms with Gasteiger partial charge in [0.1, 0.15) is 11.2 Å². The standard InChI is InChI=1S/C24H24N4O4S2/c1-15-19(16-8-6-5-7-9-16)20-22(33-15)25-14-28(23(20)30)26-21(29)17-10-12-18(13-11-17)34(31,32)27-24(2,3)4/h5-14,27H,1-4H3,(H,26,29). The molecule has 8 nitrogen and oxygen atoms in total. The zero-order valence-corrected chi connectivity index (χ0v) is 20.8. The van der Waals surface area contributed by atoms with E-state index in [0.29, 0.717) is 10.2 Å². The Morgan fingerprint density at radius 1 is 1.03 bits per heavy atom. The second-order valence-electron chi connectivity index (χ2n) is 8.82. The van der Waals surface area contributed by atoms with Crippen molar-refractivity contribution in [2.24, 2.45) is 0 Å². The van der Waals surface area contributed by atoms with Gasteiger partial charge in [-0.05, 0) is 57.5 Å². The Balaban J connectivity index is 1.64. The summed E-state index contributed by atoms with van der Waals surface area (Å²) in [6, 6.07) is 15.0. The fourth-order valence-electron chi connectivity index (χ4n) is 3.56. The number of hydrogen-bond donors (Lipinski definition) is 2. The number of nitrogens with zero attached hydrogens (tertiary/aromatic N) is 2. The quantitative estimate of drug-likeness (QED) is 0.436. The van der Waals surface area contributed by atoms with Crippen LogP contribution in [-0.2, 0) is 10.0 Å². The molecule has 0 atom stereocenters. The number of carbonyl (C=O) groups is 1. The van der Waals surface area contributed by atoms with Crippen molar-refractivity contribution in [1.29, 1.82) is 0 Å². The number of aryl methyl sites for hydroxylation is 1. The van der Waals surface area contributed by atoms with Gasteiger partial charge in [-0.25, -0.2) is 22.8 Å². The molecule has 0 bridgehead atoms. The van der Waals surface area contributed by atoms with E-state index in [0.717, 1.165) is 20.7 Å². The summed E-state index contributed by atoms with van der Waals surface area (Å²) in [6.07, 6.45) is 1.28. The van der Waals surface area contributed by atoms with E-state index in [9.17, 15) is 18.0 Å². The Kier molecular flexibility index (Phi) is 6.15. The molecule has 0 saturated heterocycles. The Bertz CT molecular complexity index is 1530. The molecule has 0 fully saturated rings. The first-order valence-electron chi connectivity index (χ1n) is 10.5. The van der Waals surface area contributed by atoms with E-state index in [-0.39, 0.29) is 10.5 Å². The molecule has 4 rings (SSSR count). The molecule has 2 N–H and O–H groups in total. The van der Waals surface area contributed by atoms with Crippen LogP contribution in [0.4, 0.5) is 0 Å². The van der Waals surface area contributed by atoms with Crippen LogP contribution in [-0.4, -0.2) is 29.5 Å². The van der Waals surface area contributed by atoms with Crippen molar-refractivity contribution >= 4 is 37.5 Å². The van der Waals surface area contributed by atoms with Crippen LogP contribution < -0.4 is 15.7 Å². The van der Waals surface area contributed by atoms with Crippen LogP contribution >= 0.6 is 11.3 Å². The summed E-state index contributed by atoms with van der Waals surface area (Å²) in [5.74, 6) is -0.566. The first kappa shape index (κ1) is 23.8. The van der Waals surface area contributed by atoms with Crippen molar-refractivity contribution in [2.75, 3.05) is 5.43 Å². The molecule has 2 heterocycles. The third kappa shape index (κ3) is 4.79. The van der Waals surface area contributed by atoms with Gasteiger partial charge in [0.15, 0.2) is 0 Å². The summed E-state index contributed by atoms with van der Waals surface area (Å²) < 4.78 is 28.6. The number of rotatable bonds is 5. The minimum absolute atomic E-state index is 0.0421. The van der Waals surface area contributed by atoms with Gasteiger partial charge in [-0.15, -0.1) is 11.3 Å². The van der Waals surface area contributed by atoms with E-state index in [2.05, 4.69) is 15.1 Å². The lowest BCUT2D eigenvalue weighted by Gasteiger charge is -2.20. The van der Waals surface area contributed by atoms with Gasteiger partial charge in [0.2, 0.25) is 10.0 Å². The molecule has 0 aliphatic carbocycles. The minimum Gasteiger partial charge on any atom is -0.267 e. The summed E-state index contributed by atoms with van der Waals surface area (Å²) in [5, 5.41) is 0.436. The highest BCUT2D eigenvalue weighted by molar-refractivity contribution is 7.89. The topological polar surface area (TPSA) is 110 Å². The van der Waals surface area contributed by atoms with Crippen LogP contribution in [0.3, 0.4) is 0 Å². The molecule has 2 aromatic carbocycles. The Labute approximate surface area is 201 Å². The third-order valence-electron chi connectivity index (χ3n) is 4.94. The van der Waals surface area contributed by atoms with Crippen LogP contribution in [0.15, 0.2) is 70.6 Å². The summed E-state index contributed by atoms with van der Waals surface area (Å²) in [6.45, 7) is 7.16. The van der Waals surface area contributed by atoms with Crippen molar-refractivity contribution in [3.05, 3.63) is 81.7 Å². The maximum absolute atomic E-state index is 13.2. The number of amides is 1. The van der Waals surface area contributed by atoms with Gasteiger partial charge in [0, 0.05) is 21.5 Å². The Morgan fingerprint density at radius 3 is 2.29 bits per heavy atom. The van der Waals surface area contributed by atoms with Gasteiger partial charge >= 0.3 is 0 Å². The predicted molar refractivity (Wildman–Crippen MR) is 134 cm³/mol. The summed E-state index contributed by atoms with van der Waals surface area (Å²) in [5.41, 5.74) is 3.41. The molecule has 34 heavy (non-hydrogen) atoms. The lowest BCUT2D eigenvalue weighted by molar-refractivity contribution is 0.101. The number of benzene rings is 2. The Morgan fingerprint density at radius 2 is 1.68 bits per heavy atom. The molecule has 10 heteroatoms. The lowest BCUT2D eigenvalue weighted by Crippen LogP contribution is -2.40. The summed E-state index contributed by atoms with van der Waals surface area (Å²) in [7, 11) is -3.72. The number of hydrogen-bond acceptors (Lipinski definition) is 6. The Hall–Kier alpha value is -3.34. The third-order valence-corrected chi connectivity index (χ3v) is 7.73. The van der Waals surface area contributed by atoms with Gasteiger partial charge in [-0.2, -0.15) is 0 Å². The molecule has 0 aliphatic rings. The largest absolute Gasteiger partial charge is 0.281 e. The normalized spacial score (nSPS) is 12.1. The number of sulfonamides is 1. The van der Waals surface area contributed by atoms with Crippen LogP contribution in [0.25, 0.3) is 21.3 Å². The average Bonchev–Trinajstić information content (AvgIpc) is 3.11. The smallest absolute Gasteiger partial charge is 0.267 e. The van der Waals surface area contributed by atoms with Gasteiger partial charge in [0.05, 0.1) is 10.3 Å². The van der Waals surface area contributed by atoms with Crippen molar-refractivity contribution in [1.82, 2.24) is 14.4 Å². The highest BCUT2D eigenvalue weighted by Crippen LogP contribution is 2.35. The van der Waals surface area contributed by atoms with Gasteiger partial charge in [0.25, 0.3) is 11.5 Å². The maximum Gasteiger partial charge on any atom is 0.281 e. The van der Waals surface area contributed by atoms with Gasteiger partial charge in [-0.1, -0.05) is 30.3 Å². The molecular weight excluding hydrogens is 472 g/mol. The first-order chi connectivity index (χ1) is 16.0. The van der Waals surface area contributed by atoms with Crippen molar-refractivity contribution in [2.45, 2.75) is 38.1 Å². The molecule has 2 aromatic heterocycles. The fraction of sp³-hybridized carbons (Fsp3) is 0.208. The van der Waals surface area contributed by atoms with E-state index in [1.807, 2.05) is 37.3 Å². The minimum atomic E-state index is -3.72. The van der Waals surface area contributed by atoms with Gasteiger partial charge < -0.3 is 0 Å². The lowest BCUT2D eigenvalue weighted by atomic mass is 10.0. The second kappa shape index (κ2) is 8.79. The molecular formula is C24H24N4O4S2. The first-order valence-corrected chi connectivity index (χ1v) is 12.8. The van der Waals surface area contributed by atoms with E-state index >= 15 is 0 Å². The summed E-state index contributed by atoms with van der Waals surface area (Å²) in [4.78, 5) is 32.0. The monoisotopic (exact) mass is 496 g/mol. The zero-order chi connectivity index (χ0) is 24.7. The van der Waals surface area contributed by atoms with E-state index in [1.54, 1.807) is 20.8 Å². The molecule has 0 saturated carbocycles. The molecule has 0 aliphatic heterocycles. The van der Waals surface area contributed by atoms with Crippen LogP contribution in [0.1, 0.15) is 36.0 Å². The number of nitrogens with one attached hydrogen (secondary N) is 2. The SMILES string of the molecule is Cc1sc2ncn(NC(=O)c3ccc(S(=O)(=O)NC(C)(C)C)cc3)c(=O)c2c1-c1ccccc1. The molecule has 0 radical (unpaired) electrons. The van der Waals surface area contributed by atoms with Crippen molar-refractivity contribution in [3.63, 3.8) is 0 Å². The van der Waals surface area contributed by atoms with E-state index < -0.39 is 27.0 Å². The van der Waals surface area contributed by atoms with Crippen molar-refractivity contribution in [3.8, 4) is 11.1 Å². The van der Waals surface area contributed by atoms with Crippen LogP contribution in [0.2, 0.25) is 0 Å². The maximum atomic E-state index is 13.2. The summed E-state index contributed by atoms with van der Waals surface area (Å²) >= 11 is 1.42. The predicted octanol–water partition coefficient (Wildman–Crippen LogP) is 3.89. The number of fused-ring (bicyclic) bond motifs is 1.